The summed E-state index contributed by atoms with van der Waals surface area (Å²) < 4.78 is 0. The largest absolute Gasteiger partial charge is 0.355 e. The fourth-order valence-corrected chi connectivity index (χ4v) is 3.84. The Morgan fingerprint density at radius 1 is 1.07 bits per heavy atom. The fourth-order valence-electron chi connectivity index (χ4n) is 3.84. The molecule has 0 aromatic heterocycles. The van der Waals surface area contributed by atoms with Crippen molar-refractivity contribution in [2.45, 2.75) is 52.1 Å². The summed E-state index contributed by atoms with van der Waals surface area (Å²) >= 11 is 0. The number of benzene rings is 1. The molecule has 1 unspecified atom stereocenters. The van der Waals surface area contributed by atoms with Crippen molar-refractivity contribution < 1.29 is 4.79 Å². The van der Waals surface area contributed by atoms with Crippen LogP contribution in [0.5, 0.6) is 0 Å². The third kappa shape index (κ3) is 8.41. The van der Waals surface area contributed by atoms with Crippen LogP contribution in [-0.4, -0.2) is 68.5 Å². The van der Waals surface area contributed by atoms with Gasteiger partial charge in [0.1, 0.15) is 0 Å². The van der Waals surface area contributed by atoms with Gasteiger partial charge in [0.25, 0.3) is 5.91 Å². The lowest BCUT2D eigenvalue weighted by atomic mass is 10.0. The number of halogens is 1. The first-order valence-electron chi connectivity index (χ1n) is 10.9. The average molecular weight is 530 g/mol. The molecule has 1 atom stereocenters. The highest BCUT2D eigenvalue weighted by atomic mass is 127. The van der Waals surface area contributed by atoms with E-state index in [4.69, 9.17) is 0 Å². The second-order valence-corrected chi connectivity index (χ2v) is 8.46. The zero-order valence-electron chi connectivity index (χ0n) is 19.3. The summed E-state index contributed by atoms with van der Waals surface area (Å²) in [5, 5.41) is 6.91. The number of hydrogen-bond donors (Lipinski definition) is 2. The molecule has 0 bridgehead atoms. The number of carbonyl (C=O) groups excluding carboxylic acids is 1. The van der Waals surface area contributed by atoms with Gasteiger partial charge in [-0.05, 0) is 49.5 Å². The Bertz CT molecular complexity index is 652. The molecule has 1 aromatic carbocycles. The van der Waals surface area contributed by atoms with Crippen LogP contribution in [0.2, 0.25) is 0 Å². The highest BCUT2D eigenvalue weighted by Gasteiger charge is 2.22. The first kappa shape index (κ1) is 26.7. The number of nitrogens with one attached hydrogen (secondary N) is 2. The first-order chi connectivity index (χ1) is 13.9. The van der Waals surface area contributed by atoms with Crippen LogP contribution in [0.3, 0.4) is 0 Å². The highest BCUT2D eigenvalue weighted by molar-refractivity contribution is 14.0. The van der Waals surface area contributed by atoms with Crippen molar-refractivity contribution in [2.75, 3.05) is 40.8 Å². The molecule has 7 heteroatoms. The maximum absolute atomic E-state index is 12.0. The maximum Gasteiger partial charge on any atom is 0.253 e. The highest BCUT2D eigenvalue weighted by Crippen LogP contribution is 2.17. The molecule has 0 aliphatic carbocycles. The van der Waals surface area contributed by atoms with Crippen molar-refractivity contribution in [3.8, 4) is 0 Å². The van der Waals surface area contributed by atoms with Crippen LogP contribution in [0.4, 0.5) is 0 Å². The predicted molar refractivity (Wildman–Crippen MR) is 137 cm³/mol. The molecule has 6 nitrogen and oxygen atoms in total. The Hall–Kier alpha value is -1.35. The summed E-state index contributed by atoms with van der Waals surface area (Å²) in [7, 11) is 5.34. The van der Waals surface area contributed by atoms with Gasteiger partial charge < -0.3 is 15.5 Å². The van der Waals surface area contributed by atoms with E-state index < -0.39 is 0 Å². The van der Waals surface area contributed by atoms with E-state index in [-0.39, 0.29) is 29.9 Å². The SMILES string of the molecule is CN=C(NCc1ccc(C(=O)N(C)C)cc1)NCC(C(C)C)N1CCCCCC1.I. The standard InChI is InChI=1S/C23H39N5O.HI/c1-18(2)21(28-14-8-6-7-9-15-28)17-26-23(24-3)25-16-19-10-12-20(13-11-19)22(29)27(4)5;/h10-13,18,21H,6-9,14-17H2,1-5H3,(H2,24,25,26);1H. The molecule has 1 heterocycles. The van der Waals surface area contributed by atoms with Gasteiger partial charge in [0.05, 0.1) is 0 Å². The van der Waals surface area contributed by atoms with Crippen LogP contribution in [0.15, 0.2) is 29.3 Å². The molecule has 1 aliphatic heterocycles. The van der Waals surface area contributed by atoms with Gasteiger partial charge in [0.2, 0.25) is 0 Å². The zero-order chi connectivity index (χ0) is 21.2. The van der Waals surface area contributed by atoms with E-state index in [9.17, 15) is 4.79 Å². The van der Waals surface area contributed by atoms with Crippen molar-refractivity contribution in [1.29, 1.82) is 0 Å². The number of likely N-dealkylation sites (tertiary alicyclic amines) is 1. The summed E-state index contributed by atoms with van der Waals surface area (Å²) in [6.07, 6.45) is 5.33. The van der Waals surface area contributed by atoms with Gasteiger partial charge in [-0.3, -0.25) is 14.7 Å². The minimum atomic E-state index is 0. The van der Waals surface area contributed by atoms with Gasteiger partial charge in [0.15, 0.2) is 5.96 Å². The van der Waals surface area contributed by atoms with Crippen molar-refractivity contribution >= 4 is 35.8 Å². The van der Waals surface area contributed by atoms with E-state index in [2.05, 4.69) is 34.4 Å². The number of nitrogens with zero attached hydrogens (tertiary/aromatic N) is 3. The molecule has 0 spiro atoms. The molecule has 1 fully saturated rings. The monoisotopic (exact) mass is 529 g/mol. The molecule has 1 aromatic rings. The van der Waals surface area contributed by atoms with E-state index in [0.29, 0.717) is 24.1 Å². The molecule has 0 saturated carbocycles. The fraction of sp³-hybridized carbons (Fsp3) is 0.652. The lowest BCUT2D eigenvalue weighted by molar-refractivity contribution is 0.0827. The number of guanidine groups is 1. The minimum absolute atomic E-state index is 0. The van der Waals surface area contributed by atoms with Crippen molar-refractivity contribution in [3.05, 3.63) is 35.4 Å². The summed E-state index contributed by atoms with van der Waals surface area (Å²) in [6, 6.07) is 8.26. The van der Waals surface area contributed by atoms with Crippen LogP contribution in [-0.2, 0) is 6.54 Å². The summed E-state index contributed by atoms with van der Waals surface area (Å²) in [4.78, 5) is 20.6. The zero-order valence-corrected chi connectivity index (χ0v) is 21.6. The molecule has 1 aliphatic rings. The number of rotatable bonds is 7. The molecule has 30 heavy (non-hydrogen) atoms. The Labute approximate surface area is 199 Å². The van der Waals surface area contributed by atoms with Gasteiger partial charge in [-0.1, -0.05) is 38.8 Å². The lowest BCUT2D eigenvalue weighted by Crippen LogP contribution is -2.49. The normalized spacial score (nSPS) is 16.4. The first-order valence-corrected chi connectivity index (χ1v) is 10.9. The van der Waals surface area contributed by atoms with Crippen molar-refractivity contribution in [3.63, 3.8) is 0 Å². The number of carbonyl (C=O) groups is 1. The van der Waals surface area contributed by atoms with Gasteiger partial charge >= 0.3 is 0 Å². The van der Waals surface area contributed by atoms with E-state index in [1.165, 1.54) is 38.8 Å². The van der Waals surface area contributed by atoms with Gasteiger partial charge in [-0.15, -0.1) is 24.0 Å². The Kier molecular flexibility index (Phi) is 12.3. The molecule has 2 rings (SSSR count). The molecule has 1 amide bonds. The topological polar surface area (TPSA) is 60.0 Å². The van der Waals surface area contributed by atoms with Crippen LogP contribution >= 0.6 is 24.0 Å². The smallest absolute Gasteiger partial charge is 0.253 e. The predicted octanol–water partition coefficient (Wildman–Crippen LogP) is 3.57. The lowest BCUT2D eigenvalue weighted by Gasteiger charge is -2.34. The minimum Gasteiger partial charge on any atom is -0.355 e. The third-order valence-corrected chi connectivity index (χ3v) is 5.65. The van der Waals surface area contributed by atoms with Crippen LogP contribution in [0, 0.1) is 5.92 Å². The van der Waals surface area contributed by atoms with Crippen LogP contribution in [0.1, 0.15) is 55.5 Å². The van der Waals surface area contributed by atoms with E-state index in [1.54, 1.807) is 19.0 Å². The van der Waals surface area contributed by atoms with Gasteiger partial charge in [-0.2, -0.15) is 0 Å². The Morgan fingerprint density at radius 2 is 1.67 bits per heavy atom. The Balaban J connectivity index is 0.00000450. The quantitative estimate of drug-likeness (QED) is 0.322. The molecule has 170 valence electrons. The van der Waals surface area contributed by atoms with Gasteiger partial charge in [-0.25, -0.2) is 0 Å². The molecular weight excluding hydrogens is 489 g/mol. The Morgan fingerprint density at radius 3 is 2.17 bits per heavy atom. The summed E-state index contributed by atoms with van der Waals surface area (Å²) in [6.45, 7) is 8.59. The van der Waals surface area contributed by atoms with E-state index >= 15 is 0 Å². The van der Waals surface area contributed by atoms with Crippen molar-refractivity contribution in [1.82, 2.24) is 20.4 Å². The average Bonchev–Trinajstić information content (AvgIpc) is 2.99. The second kappa shape index (κ2) is 13.9. The van der Waals surface area contributed by atoms with E-state index in [0.717, 1.165) is 18.1 Å². The summed E-state index contributed by atoms with van der Waals surface area (Å²) in [5.74, 6) is 1.44. The number of hydrogen-bond acceptors (Lipinski definition) is 3. The van der Waals surface area contributed by atoms with Crippen molar-refractivity contribution in [2.24, 2.45) is 10.9 Å². The second-order valence-electron chi connectivity index (χ2n) is 8.46. The maximum atomic E-state index is 12.0. The number of amides is 1. The molecule has 2 N–H and O–H groups in total. The third-order valence-electron chi connectivity index (χ3n) is 5.65. The number of aliphatic imine (C=N–C) groups is 1. The van der Waals surface area contributed by atoms with E-state index in [1.807, 2.05) is 31.3 Å². The molecule has 0 radical (unpaired) electrons. The molecular formula is C23H40IN5O. The molecule has 1 saturated heterocycles. The summed E-state index contributed by atoms with van der Waals surface area (Å²) in [5.41, 5.74) is 1.83. The van der Waals surface area contributed by atoms with Gasteiger partial charge in [0, 0.05) is 45.8 Å². The van der Waals surface area contributed by atoms with Crippen LogP contribution < -0.4 is 10.6 Å². The van der Waals surface area contributed by atoms with Crippen LogP contribution in [0.25, 0.3) is 0 Å².